The molecule has 1 amide bonds. The number of nitrogens with one attached hydrogen (secondary N) is 1. The van der Waals surface area contributed by atoms with Crippen LogP contribution in [0.5, 0.6) is 0 Å². The van der Waals surface area contributed by atoms with Gasteiger partial charge in [0, 0.05) is 38.3 Å². The number of piperazine rings is 1. The molecule has 1 aromatic rings. The van der Waals surface area contributed by atoms with Gasteiger partial charge in [-0.1, -0.05) is 12.6 Å². The smallest absolute Gasteiger partial charge is 0.274 e. The number of halogens is 1. The molecule has 4 rings (SSSR count). The molecular formula is C25H34FN5O5S. The molecule has 0 bridgehead atoms. The minimum absolute atomic E-state index is 0.0174. The summed E-state index contributed by atoms with van der Waals surface area (Å²) in [6.45, 7) is 12.5. The highest BCUT2D eigenvalue weighted by Gasteiger charge is 2.41. The van der Waals surface area contributed by atoms with Crippen LogP contribution in [0.2, 0.25) is 0 Å². The van der Waals surface area contributed by atoms with Crippen LogP contribution < -0.4 is 5.32 Å². The van der Waals surface area contributed by atoms with E-state index >= 15 is 0 Å². The summed E-state index contributed by atoms with van der Waals surface area (Å²) < 4.78 is 48.4. The van der Waals surface area contributed by atoms with Gasteiger partial charge in [-0.05, 0) is 52.4 Å². The van der Waals surface area contributed by atoms with Crippen LogP contribution in [0.1, 0.15) is 33.3 Å². The Kier molecular flexibility index (Phi) is 7.23. The van der Waals surface area contributed by atoms with E-state index in [1.54, 1.807) is 18.7 Å². The Balaban J connectivity index is 1.59. The Hall–Kier alpha value is -2.80. The fraction of sp³-hybridized carbons (Fsp3) is 0.520. The van der Waals surface area contributed by atoms with Crippen molar-refractivity contribution in [1.29, 1.82) is 0 Å². The number of aliphatic hydroxyl groups excluding tert-OH is 1. The average molecular weight is 536 g/mol. The maximum Gasteiger partial charge on any atom is 0.274 e. The normalized spacial score (nSPS) is 25.1. The Morgan fingerprint density at radius 1 is 1.30 bits per heavy atom. The lowest BCUT2D eigenvalue weighted by molar-refractivity contribution is -0.118. The number of fused-ring (bicyclic) bond motifs is 1. The minimum atomic E-state index is -4.04. The number of benzene rings is 1. The molecule has 202 valence electrons. The molecule has 0 saturated carbocycles. The molecule has 0 aliphatic carbocycles. The van der Waals surface area contributed by atoms with Gasteiger partial charge in [-0.3, -0.25) is 9.69 Å². The van der Waals surface area contributed by atoms with Gasteiger partial charge in [0.1, 0.15) is 17.3 Å². The molecule has 3 aliphatic heterocycles. The average Bonchev–Trinajstić information content (AvgIpc) is 2.83. The topological polar surface area (TPSA) is 115 Å². The predicted octanol–water partition coefficient (Wildman–Crippen LogP) is 1.96. The molecule has 0 radical (unpaired) electrons. The summed E-state index contributed by atoms with van der Waals surface area (Å²) in [4.78, 5) is 21.1. The second-order valence-electron chi connectivity index (χ2n) is 10.2. The third-order valence-electron chi connectivity index (χ3n) is 7.24. The summed E-state index contributed by atoms with van der Waals surface area (Å²) in [7, 11) is -2.10. The molecule has 3 aliphatic rings. The number of likely N-dealkylation sites (N-methyl/N-ethyl adjacent to an activating group) is 1. The van der Waals surface area contributed by atoms with E-state index in [1.807, 2.05) is 20.9 Å². The van der Waals surface area contributed by atoms with Gasteiger partial charge in [-0.25, -0.2) is 17.8 Å². The summed E-state index contributed by atoms with van der Waals surface area (Å²) >= 11 is 0. The van der Waals surface area contributed by atoms with E-state index in [0.717, 1.165) is 12.1 Å². The maximum absolute atomic E-state index is 14.2. The van der Waals surface area contributed by atoms with E-state index in [1.165, 1.54) is 10.4 Å². The first-order valence-corrected chi connectivity index (χ1v) is 13.6. The van der Waals surface area contributed by atoms with Crippen molar-refractivity contribution >= 4 is 21.8 Å². The Morgan fingerprint density at radius 3 is 2.59 bits per heavy atom. The number of carbonyl (C=O) groups is 1. The highest BCUT2D eigenvalue weighted by atomic mass is 32.2. The van der Waals surface area contributed by atoms with Gasteiger partial charge in [0.2, 0.25) is 10.0 Å². The molecule has 2 saturated heterocycles. The summed E-state index contributed by atoms with van der Waals surface area (Å²) in [5.41, 5.74) is -0.597. The van der Waals surface area contributed by atoms with Gasteiger partial charge >= 0.3 is 0 Å². The van der Waals surface area contributed by atoms with Crippen molar-refractivity contribution in [2.24, 2.45) is 4.99 Å². The van der Waals surface area contributed by atoms with Gasteiger partial charge in [0.15, 0.2) is 11.5 Å². The number of sulfonamides is 1. The number of rotatable bonds is 5. The van der Waals surface area contributed by atoms with E-state index in [9.17, 15) is 22.7 Å². The number of hydrogen-bond donors (Lipinski definition) is 2. The standard InChI is InChI=1S/C25H34FN5O5S/c1-15-13-30(14-16(2)29(15)6)37(34,35)20-11-19(26)8-7-18(20)12-27-23(33)21-22(32)17(3)31-9-10-36-25(4,5)24(31)28-21/h7-8,11,15-16,32H,3,9-10,12-14H2,1-2,4-6H3,(H,27,33). The lowest BCUT2D eigenvalue weighted by Gasteiger charge is -2.43. The summed E-state index contributed by atoms with van der Waals surface area (Å²) in [5, 5.41) is 13.3. The molecule has 37 heavy (non-hydrogen) atoms. The van der Waals surface area contributed by atoms with Crippen molar-refractivity contribution in [3.63, 3.8) is 0 Å². The van der Waals surface area contributed by atoms with Crippen LogP contribution in [0.3, 0.4) is 0 Å². The molecule has 2 atom stereocenters. The Morgan fingerprint density at radius 2 is 1.95 bits per heavy atom. The number of amides is 1. The van der Waals surface area contributed by atoms with E-state index in [0.29, 0.717) is 19.0 Å². The van der Waals surface area contributed by atoms with Gasteiger partial charge in [-0.2, -0.15) is 4.31 Å². The van der Waals surface area contributed by atoms with E-state index < -0.39 is 27.3 Å². The largest absolute Gasteiger partial charge is 0.504 e. The predicted molar refractivity (Wildman–Crippen MR) is 137 cm³/mol. The number of morpholine rings is 1. The van der Waals surface area contributed by atoms with Crippen LogP contribution in [-0.4, -0.2) is 90.3 Å². The first kappa shape index (κ1) is 27.2. The Labute approximate surface area is 217 Å². The molecule has 2 fully saturated rings. The lowest BCUT2D eigenvalue weighted by Crippen LogP contribution is -2.56. The van der Waals surface area contributed by atoms with Crippen molar-refractivity contribution in [3.05, 3.63) is 53.3 Å². The first-order valence-electron chi connectivity index (χ1n) is 12.2. The van der Waals surface area contributed by atoms with Crippen LogP contribution in [-0.2, 0) is 26.1 Å². The van der Waals surface area contributed by atoms with Crippen LogP contribution in [0.15, 0.2) is 51.8 Å². The second kappa shape index (κ2) is 9.82. The number of nitrogens with zero attached hydrogens (tertiary/aromatic N) is 4. The van der Waals surface area contributed by atoms with E-state index in [2.05, 4.69) is 21.8 Å². The third-order valence-corrected chi connectivity index (χ3v) is 9.15. The molecule has 0 aromatic heterocycles. The fourth-order valence-corrected chi connectivity index (χ4v) is 6.63. The van der Waals surface area contributed by atoms with Crippen LogP contribution in [0.4, 0.5) is 4.39 Å². The molecule has 10 nitrogen and oxygen atoms in total. The minimum Gasteiger partial charge on any atom is -0.504 e. The van der Waals surface area contributed by atoms with E-state index in [-0.39, 0.29) is 59.3 Å². The van der Waals surface area contributed by atoms with E-state index in [4.69, 9.17) is 4.74 Å². The number of hydrogen-bond acceptors (Lipinski definition) is 8. The van der Waals surface area contributed by atoms with Crippen LogP contribution in [0, 0.1) is 5.82 Å². The number of amidine groups is 1. The molecule has 2 N–H and O–H groups in total. The summed E-state index contributed by atoms with van der Waals surface area (Å²) in [5.74, 6) is -1.35. The third kappa shape index (κ3) is 5.02. The zero-order valence-corrected chi connectivity index (χ0v) is 22.6. The van der Waals surface area contributed by atoms with Crippen molar-refractivity contribution in [1.82, 2.24) is 19.4 Å². The van der Waals surface area contributed by atoms with Crippen molar-refractivity contribution in [3.8, 4) is 0 Å². The van der Waals surface area contributed by atoms with Crippen molar-refractivity contribution in [2.45, 2.75) is 56.8 Å². The maximum atomic E-state index is 14.2. The molecule has 3 heterocycles. The number of ether oxygens (including phenoxy) is 1. The number of aliphatic imine (C=N–C) groups is 1. The van der Waals surface area contributed by atoms with Gasteiger partial charge in [0.05, 0.1) is 17.2 Å². The molecule has 2 unspecified atom stereocenters. The van der Waals surface area contributed by atoms with Gasteiger partial charge in [0.25, 0.3) is 5.91 Å². The second-order valence-corrected chi connectivity index (χ2v) is 12.1. The lowest BCUT2D eigenvalue weighted by atomic mass is 10.0. The monoisotopic (exact) mass is 535 g/mol. The number of aliphatic hydroxyl groups is 1. The SMILES string of the molecule is C=C1C(O)=C(C(=O)NCc2ccc(F)cc2S(=O)(=O)N2CC(C)N(C)C(C)C2)N=C2N1CCOC2(C)C. The van der Waals surface area contributed by atoms with Crippen LogP contribution in [0.25, 0.3) is 0 Å². The molecule has 1 aromatic carbocycles. The highest BCUT2D eigenvalue weighted by molar-refractivity contribution is 7.89. The number of carbonyl (C=O) groups excluding carboxylic acids is 1. The van der Waals surface area contributed by atoms with Crippen molar-refractivity contribution < 1.29 is 27.4 Å². The fourth-order valence-electron chi connectivity index (χ4n) is 4.79. The molecular weight excluding hydrogens is 501 g/mol. The molecule has 0 spiro atoms. The summed E-state index contributed by atoms with van der Waals surface area (Å²) in [6.07, 6.45) is 0. The van der Waals surface area contributed by atoms with Crippen LogP contribution >= 0.6 is 0 Å². The Bertz CT molecular complexity index is 1280. The zero-order chi connectivity index (χ0) is 27.3. The molecule has 12 heteroatoms. The van der Waals surface area contributed by atoms with Crippen molar-refractivity contribution in [2.75, 3.05) is 33.3 Å². The zero-order valence-electron chi connectivity index (χ0n) is 21.8. The van der Waals surface area contributed by atoms with Gasteiger partial charge in [-0.15, -0.1) is 0 Å². The first-order chi connectivity index (χ1) is 17.2. The highest BCUT2D eigenvalue weighted by Crippen LogP contribution is 2.31. The van der Waals surface area contributed by atoms with Gasteiger partial charge < -0.3 is 20.1 Å². The summed E-state index contributed by atoms with van der Waals surface area (Å²) in [6, 6.07) is 3.43. The quantitative estimate of drug-likeness (QED) is 0.592.